The highest BCUT2D eigenvalue weighted by molar-refractivity contribution is 6.31. The molecule has 0 aliphatic heterocycles. The van der Waals surface area contributed by atoms with Gasteiger partial charge in [0, 0.05) is 12.2 Å². The number of hydrogen-bond donors (Lipinski definition) is 1. The molecule has 0 bridgehead atoms. The monoisotopic (exact) mass is 362 g/mol. The standard InChI is InChI=1S/C20H24ClFN2O/c1-13(2)16-7-5-15(6-8-16)12-24(4)14(3)20(25)23-17-9-10-19(22)18(21)11-17/h5-11,13-14H,12H2,1-4H3,(H,23,25). The highest BCUT2D eigenvalue weighted by Crippen LogP contribution is 2.20. The van der Waals surface area contributed by atoms with Crippen molar-refractivity contribution in [3.8, 4) is 0 Å². The largest absolute Gasteiger partial charge is 0.325 e. The Bertz CT molecular complexity index is 731. The van der Waals surface area contributed by atoms with Gasteiger partial charge in [-0.1, -0.05) is 49.7 Å². The van der Waals surface area contributed by atoms with Crippen LogP contribution in [0.4, 0.5) is 10.1 Å². The summed E-state index contributed by atoms with van der Waals surface area (Å²) in [6.45, 7) is 6.82. The Morgan fingerprint density at radius 1 is 1.16 bits per heavy atom. The maximum Gasteiger partial charge on any atom is 0.241 e. The summed E-state index contributed by atoms with van der Waals surface area (Å²) < 4.78 is 13.2. The molecule has 25 heavy (non-hydrogen) atoms. The Kier molecular flexibility index (Phi) is 6.57. The number of carbonyl (C=O) groups excluding carboxylic acids is 1. The van der Waals surface area contributed by atoms with E-state index in [1.165, 1.54) is 23.8 Å². The molecule has 1 amide bonds. The zero-order valence-electron chi connectivity index (χ0n) is 15.0. The fraction of sp³-hybridized carbons (Fsp3) is 0.350. The molecule has 1 N–H and O–H groups in total. The molecule has 0 aromatic heterocycles. The van der Waals surface area contributed by atoms with Crippen LogP contribution in [0.1, 0.15) is 37.8 Å². The van der Waals surface area contributed by atoms with Gasteiger partial charge in [-0.25, -0.2) is 4.39 Å². The average molecular weight is 363 g/mol. The van der Waals surface area contributed by atoms with Crippen molar-refractivity contribution in [2.24, 2.45) is 0 Å². The first-order valence-corrected chi connectivity index (χ1v) is 8.70. The summed E-state index contributed by atoms with van der Waals surface area (Å²) in [6, 6.07) is 12.2. The smallest absolute Gasteiger partial charge is 0.241 e. The lowest BCUT2D eigenvalue weighted by Gasteiger charge is -2.24. The first-order valence-electron chi connectivity index (χ1n) is 8.33. The predicted octanol–water partition coefficient (Wildman–Crippen LogP) is 5.06. The van der Waals surface area contributed by atoms with Gasteiger partial charge in [0.2, 0.25) is 5.91 Å². The van der Waals surface area contributed by atoms with E-state index in [0.717, 1.165) is 5.56 Å². The first-order chi connectivity index (χ1) is 11.8. The maximum atomic E-state index is 13.2. The fourth-order valence-corrected chi connectivity index (χ4v) is 2.63. The lowest BCUT2D eigenvalue weighted by molar-refractivity contribution is -0.120. The minimum atomic E-state index is -0.505. The highest BCUT2D eigenvalue weighted by atomic mass is 35.5. The molecule has 0 aliphatic rings. The Morgan fingerprint density at radius 2 is 1.80 bits per heavy atom. The molecule has 3 nitrogen and oxygen atoms in total. The van der Waals surface area contributed by atoms with E-state index in [1.807, 2.05) is 18.9 Å². The number of amides is 1. The van der Waals surface area contributed by atoms with Crippen LogP contribution in [0.2, 0.25) is 5.02 Å². The predicted molar refractivity (Wildman–Crippen MR) is 101 cm³/mol. The van der Waals surface area contributed by atoms with Crippen molar-refractivity contribution in [3.05, 3.63) is 64.4 Å². The summed E-state index contributed by atoms with van der Waals surface area (Å²) in [6.07, 6.45) is 0. The zero-order chi connectivity index (χ0) is 18.6. The number of likely N-dealkylation sites (N-methyl/N-ethyl adjacent to an activating group) is 1. The lowest BCUT2D eigenvalue weighted by atomic mass is 10.0. The van der Waals surface area contributed by atoms with Crippen LogP contribution in [-0.2, 0) is 11.3 Å². The van der Waals surface area contributed by atoms with Crippen molar-refractivity contribution in [1.82, 2.24) is 4.90 Å². The molecule has 0 saturated heterocycles. The van der Waals surface area contributed by atoms with Crippen molar-refractivity contribution in [2.45, 2.75) is 39.3 Å². The molecule has 134 valence electrons. The van der Waals surface area contributed by atoms with Gasteiger partial charge in [0.1, 0.15) is 5.82 Å². The quantitative estimate of drug-likeness (QED) is 0.778. The van der Waals surface area contributed by atoms with E-state index in [2.05, 4.69) is 43.4 Å². The number of nitrogens with zero attached hydrogens (tertiary/aromatic N) is 1. The summed E-state index contributed by atoms with van der Waals surface area (Å²) in [5.41, 5.74) is 2.93. The molecule has 0 fully saturated rings. The molecule has 0 aliphatic carbocycles. The molecule has 5 heteroatoms. The van der Waals surface area contributed by atoms with E-state index in [0.29, 0.717) is 18.2 Å². The minimum absolute atomic E-state index is 0.0101. The normalized spacial score (nSPS) is 12.5. The van der Waals surface area contributed by atoms with Gasteiger partial charge in [-0.3, -0.25) is 9.69 Å². The third-order valence-electron chi connectivity index (χ3n) is 4.31. The molecular formula is C20H24ClFN2O. The first kappa shape index (κ1) is 19.4. The van der Waals surface area contributed by atoms with Gasteiger partial charge >= 0.3 is 0 Å². The van der Waals surface area contributed by atoms with Gasteiger partial charge < -0.3 is 5.32 Å². The molecule has 0 spiro atoms. The van der Waals surface area contributed by atoms with Crippen molar-refractivity contribution < 1.29 is 9.18 Å². The molecule has 2 aromatic rings. The fourth-order valence-electron chi connectivity index (χ4n) is 2.45. The van der Waals surface area contributed by atoms with Gasteiger partial charge in [-0.2, -0.15) is 0 Å². The van der Waals surface area contributed by atoms with Gasteiger partial charge in [-0.15, -0.1) is 0 Å². The molecule has 0 saturated carbocycles. The van der Waals surface area contributed by atoms with Crippen molar-refractivity contribution >= 4 is 23.2 Å². The molecule has 0 heterocycles. The topological polar surface area (TPSA) is 32.3 Å². The van der Waals surface area contributed by atoms with Crippen LogP contribution in [0.15, 0.2) is 42.5 Å². The number of nitrogens with one attached hydrogen (secondary N) is 1. The molecule has 0 radical (unpaired) electrons. The van der Waals surface area contributed by atoms with Crippen LogP contribution in [-0.4, -0.2) is 23.9 Å². The van der Waals surface area contributed by atoms with Crippen LogP contribution < -0.4 is 5.32 Å². The van der Waals surface area contributed by atoms with E-state index in [1.54, 1.807) is 0 Å². The summed E-state index contributed by atoms with van der Waals surface area (Å²) in [5.74, 6) is -0.169. The zero-order valence-corrected chi connectivity index (χ0v) is 15.8. The Labute approximate surface area is 153 Å². The van der Waals surface area contributed by atoms with Crippen molar-refractivity contribution in [1.29, 1.82) is 0 Å². The van der Waals surface area contributed by atoms with Crippen LogP contribution in [0, 0.1) is 5.82 Å². The summed E-state index contributed by atoms with van der Waals surface area (Å²) in [4.78, 5) is 14.4. The minimum Gasteiger partial charge on any atom is -0.325 e. The van der Waals surface area contributed by atoms with Gasteiger partial charge in [0.25, 0.3) is 0 Å². The van der Waals surface area contributed by atoms with Crippen LogP contribution in [0.5, 0.6) is 0 Å². The number of rotatable bonds is 6. The molecule has 1 atom stereocenters. The molecule has 2 rings (SSSR count). The number of anilines is 1. The average Bonchev–Trinajstić information content (AvgIpc) is 2.57. The summed E-state index contributed by atoms with van der Waals surface area (Å²) >= 11 is 5.74. The lowest BCUT2D eigenvalue weighted by Crippen LogP contribution is -2.39. The van der Waals surface area contributed by atoms with E-state index >= 15 is 0 Å². The Morgan fingerprint density at radius 3 is 2.36 bits per heavy atom. The second-order valence-electron chi connectivity index (χ2n) is 6.61. The molecular weight excluding hydrogens is 339 g/mol. The highest BCUT2D eigenvalue weighted by Gasteiger charge is 2.18. The number of benzene rings is 2. The van der Waals surface area contributed by atoms with E-state index in [4.69, 9.17) is 11.6 Å². The van der Waals surface area contributed by atoms with Gasteiger partial charge in [-0.05, 0) is 49.2 Å². The van der Waals surface area contributed by atoms with E-state index < -0.39 is 5.82 Å². The van der Waals surface area contributed by atoms with Crippen LogP contribution >= 0.6 is 11.6 Å². The number of carbonyl (C=O) groups is 1. The Balaban J connectivity index is 1.97. The van der Waals surface area contributed by atoms with E-state index in [-0.39, 0.29) is 17.0 Å². The Hall–Kier alpha value is -1.91. The summed E-state index contributed by atoms with van der Waals surface area (Å²) in [5, 5.41) is 2.76. The number of hydrogen-bond acceptors (Lipinski definition) is 2. The number of halogens is 2. The third kappa shape index (κ3) is 5.28. The summed E-state index contributed by atoms with van der Waals surface area (Å²) in [7, 11) is 1.90. The van der Waals surface area contributed by atoms with Gasteiger partial charge in [0.05, 0.1) is 11.1 Å². The van der Waals surface area contributed by atoms with Crippen molar-refractivity contribution in [3.63, 3.8) is 0 Å². The van der Waals surface area contributed by atoms with Gasteiger partial charge in [0.15, 0.2) is 0 Å². The molecule has 2 aromatic carbocycles. The molecule has 1 unspecified atom stereocenters. The maximum absolute atomic E-state index is 13.2. The van der Waals surface area contributed by atoms with Crippen molar-refractivity contribution in [2.75, 3.05) is 12.4 Å². The third-order valence-corrected chi connectivity index (χ3v) is 4.60. The second kappa shape index (κ2) is 8.45. The second-order valence-corrected chi connectivity index (χ2v) is 7.01. The van der Waals surface area contributed by atoms with Crippen LogP contribution in [0.25, 0.3) is 0 Å². The SMILES string of the molecule is CC(C)c1ccc(CN(C)C(C)C(=O)Nc2ccc(F)c(Cl)c2)cc1. The van der Waals surface area contributed by atoms with Crippen LogP contribution in [0.3, 0.4) is 0 Å². The van der Waals surface area contributed by atoms with E-state index in [9.17, 15) is 9.18 Å².